The number of thioether (sulfide) groups is 1. The first-order chi connectivity index (χ1) is 8.15. The molecule has 0 bridgehead atoms. The Hall–Kier alpha value is -1.62. The topological polar surface area (TPSA) is 53.8 Å². The van der Waals surface area contributed by atoms with E-state index in [0.29, 0.717) is 5.17 Å². The minimum Gasteiger partial charge on any atom is -0.303 e. The number of hydrogen-bond acceptors (Lipinski definition) is 4. The number of aryl methyl sites for hydroxylation is 1. The number of benzene rings is 1. The van der Waals surface area contributed by atoms with Gasteiger partial charge in [-0.25, -0.2) is 0 Å². The second kappa shape index (κ2) is 5.14. The number of amides is 1. The van der Waals surface area contributed by atoms with Crippen LogP contribution in [0.3, 0.4) is 0 Å². The molecule has 1 saturated heterocycles. The fourth-order valence-electron chi connectivity index (χ4n) is 1.31. The summed E-state index contributed by atoms with van der Waals surface area (Å²) in [6.45, 7) is 3.87. The maximum Gasteiger partial charge on any atom is 0.239 e. The predicted octanol–water partition coefficient (Wildman–Crippen LogP) is 1.94. The quantitative estimate of drug-likeness (QED) is 0.641. The summed E-state index contributed by atoms with van der Waals surface area (Å²) in [6, 6.07) is 7.98. The third-order valence-electron chi connectivity index (χ3n) is 2.32. The lowest BCUT2D eigenvalue weighted by molar-refractivity contribution is -0.118. The standard InChI is InChI=1S/C12H13N3OS/c1-8-3-5-10(6-4-8)7-13-15-12-14-11(16)9(2)17-12/h3-7,9H,1-2H3,(H,14,15,16)/b13-7+/t9-/m0/s1. The number of nitrogens with zero attached hydrogens (tertiary/aromatic N) is 2. The van der Waals surface area contributed by atoms with Gasteiger partial charge in [0.15, 0.2) is 5.17 Å². The summed E-state index contributed by atoms with van der Waals surface area (Å²) in [4.78, 5) is 11.2. The largest absolute Gasteiger partial charge is 0.303 e. The average Bonchev–Trinajstić information content (AvgIpc) is 2.61. The van der Waals surface area contributed by atoms with Gasteiger partial charge in [-0.1, -0.05) is 41.6 Å². The van der Waals surface area contributed by atoms with E-state index >= 15 is 0 Å². The molecule has 1 aromatic carbocycles. The van der Waals surface area contributed by atoms with Crippen LogP contribution >= 0.6 is 11.8 Å². The summed E-state index contributed by atoms with van der Waals surface area (Å²) < 4.78 is 0. The van der Waals surface area contributed by atoms with Gasteiger partial charge in [-0.3, -0.25) is 4.79 Å². The maximum absolute atomic E-state index is 11.2. The minimum absolute atomic E-state index is 0.0146. The number of carbonyl (C=O) groups is 1. The summed E-state index contributed by atoms with van der Waals surface area (Å²) in [5.74, 6) is -0.0146. The van der Waals surface area contributed by atoms with Crippen LogP contribution in [0.5, 0.6) is 0 Å². The van der Waals surface area contributed by atoms with Gasteiger partial charge in [0.2, 0.25) is 5.91 Å². The SMILES string of the molecule is Cc1ccc(/C=N/N=C2/NC(=O)[C@H](C)S2)cc1. The molecule has 0 radical (unpaired) electrons. The van der Waals surface area contributed by atoms with Crippen LogP contribution in [0.25, 0.3) is 0 Å². The van der Waals surface area contributed by atoms with E-state index in [1.807, 2.05) is 38.1 Å². The molecule has 17 heavy (non-hydrogen) atoms. The van der Waals surface area contributed by atoms with Crippen molar-refractivity contribution in [2.24, 2.45) is 10.2 Å². The highest BCUT2D eigenvalue weighted by Gasteiger charge is 2.25. The normalized spacial score (nSPS) is 22.4. The summed E-state index contributed by atoms with van der Waals surface area (Å²) >= 11 is 1.39. The molecule has 1 atom stereocenters. The molecular formula is C12H13N3OS. The van der Waals surface area contributed by atoms with Crippen LogP contribution in [-0.4, -0.2) is 22.5 Å². The summed E-state index contributed by atoms with van der Waals surface area (Å²) in [5.41, 5.74) is 2.20. The molecule has 0 unspecified atom stereocenters. The molecule has 4 nitrogen and oxygen atoms in total. The van der Waals surface area contributed by atoms with Gasteiger partial charge >= 0.3 is 0 Å². The van der Waals surface area contributed by atoms with Crippen molar-refractivity contribution in [3.63, 3.8) is 0 Å². The van der Waals surface area contributed by atoms with Gasteiger partial charge in [-0.05, 0) is 19.4 Å². The third kappa shape index (κ3) is 3.17. The molecule has 2 rings (SSSR count). The van der Waals surface area contributed by atoms with Gasteiger partial charge < -0.3 is 5.32 Å². The number of rotatable bonds is 2. The molecule has 0 aromatic heterocycles. The highest BCUT2D eigenvalue weighted by atomic mass is 32.2. The van der Waals surface area contributed by atoms with Crippen molar-refractivity contribution < 1.29 is 4.79 Å². The van der Waals surface area contributed by atoms with E-state index in [2.05, 4.69) is 15.5 Å². The number of amidine groups is 1. The minimum atomic E-state index is -0.0803. The average molecular weight is 247 g/mol. The molecular weight excluding hydrogens is 234 g/mol. The highest BCUT2D eigenvalue weighted by molar-refractivity contribution is 8.15. The molecule has 0 aliphatic carbocycles. The Morgan fingerprint density at radius 1 is 1.35 bits per heavy atom. The highest BCUT2D eigenvalue weighted by Crippen LogP contribution is 2.18. The molecule has 1 aromatic rings. The van der Waals surface area contributed by atoms with E-state index in [0.717, 1.165) is 5.56 Å². The van der Waals surface area contributed by atoms with Crippen LogP contribution in [0.4, 0.5) is 0 Å². The van der Waals surface area contributed by atoms with Crippen LogP contribution in [0.2, 0.25) is 0 Å². The van der Waals surface area contributed by atoms with Crippen molar-refractivity contribution >= 4 is 29.1 Å². The van der Waals surface area contributed by atoms with E-state index in [4.69, 9.17) is 0 Å². The lowest BCUT2D eigenvalue weighted by Gasteiger charge is -1.93. The number of nitrogens with one attached hydrogen (secondary N) is 1. The molecule has 1 aliphatic heterocycles. The zero-order valence-corrected chi connectivity index (χ0v) is 10.5. The van der Waals surface area contributed by atoms with Crippen molar-refractivity contribution in [2.45, 2.75) is 19.1 Å². The molecule has 0 saturated carbocycles. The molecule has 1 N–H and O–H groups in total. The van der Waals surface area contributed by atoms with Crippen molar-refractivity contribution in [3.05, 3.63) is 35.4 Å². The van der Waals surface area contributed by atoms with Gasteiger partial charge in [0.05, 0.1) is 11.5 Å². The Morgan fingerprint density at radius 3 is 2.65 bits per heavy atom. The Bertz CT molecular complexity index is 479. The van der Waals surface area contributed by atoms with Gasteiger partial charge in [0.25, 0.3) is 0 Å². The first kappa shape index (κ1) is 11.9. The summed E-state index contributed by atoms with van der Waals surface area (Å²) in [7, 11) is 0. The second-order valence-corrected chi connectivity index (χ2v) is 5.14. The lowest BCUT2D eigenvalue weighted by Crippen LogP contribution is -2.23. The number of carbonyl (C=O) groups excluding carboxylic acids is 1. The Labute approximate surface area is 104 Å². The van der Waals surface area contributed by atoms with E-state index in [-0.39, 0.29) is 11.2 Å². The fraction of sp³-hybridized carbons (Fsp3) is 0.250. The van der Waals surface area contributed by atoms with Crippen LogP contribution in [0, 0.1) is 6.92 Å². The van der Waals surface area contributed by atoms with Crippen molar-refractivity contribution in [1.82, 2.24) is 5.32 Å². The van der Waals surface area contributed by atoms with Gasteiger partial charge in [-0.2, -0.15) is 5.10 Å². The molecule has 5 heteroatoms. The van der Waals surface area contributed by atoms with Crippen molar-refractivity contribution in [3.8, 4) is 0 Å². The zero-order chi connectivity index (χ0) is 12.3. The van der Waals surface area contributed by atoms with Gasteiger partial charge in [0.1, 0.15) is 0 Å². The molecule has 1 aliphatic rings. The Balaban J connectivity index is 2.00. The zero-order valence-electron chi connectivity index (χ0n) is 9.68. The van der Waals surface area contributed by atoms with Crippen LogP contribution in [0.15, 0.2) is 34.5 Å². The van der Waals surface area contributed by atoms with E-state index in [1.54, 1.807) is 6.21 Å². The second-order valence-electron chi connectivity index (χ2n) is 3.81. The van der Waals surface area contributed by atoms with E-state index < -0.39 is 0 Å². The van der Waals surface area contributed by atoms with Crippen LogP contribution < -0.4 is 5.32 Å². The molecule has 0 spiro atoms. The van der Waals surface area contributed by atoms with Crippen LogP contribution in [0.1, 0.15) is 18.1 Å². The Morgan fingerprint density at radius 2 is 2.06 bits per heavy atom. The molecule has 1 heterocycles. The van der Waals surface area contributed by atoms with E-state index in [1.165, 1.54) is 17.3 Å². The van der Waals surface area contributed by atoms with E-state index in [9.17, 15) is 4.79 Å². The maximum atomic E-state index is 11.2. The molecule has 1 amide bonds. The van der Waals surface area contributed by atoms with Crippen molar-refractivity contribution in [1.29, 1.82) is 0 Å². The van der Waals surface area contributed by atoms with Gasteiger partial charge in [-0.15, -0.1) is 5.10 Å². The monoisotopic (exact) mass is 247 g/mol. The van der Waals surface area contributed by atoms with Gasteiger partial charge in [0, 0.05) is 0 Å². The smallest absolute Gasteiger partial charge is 0.239 e. The summed E-state index contributed by atoms with van der Waals surface area (Å²) in [6.07, 6.45) is 1.67. The lowest BCUT2D eigenvalue weighted by atomic mass is 10.2. The first-order valence-corrected chi connectivity index (χ1v) is 6.18. The summed E-state index contributed by atoms with van der Waals surface area (Å²) in [5, 5.41) is 11.0. The number of hydrogen-bond donors (Lipinski definition) is 1. The van der Waals surface area contributed by atoms with Crippen LogP contribution in [-0.2, 0) is 4.79 Å². The fourth-order valence-corrected chi connectivity index (χ4v) is 2.06. The first-order valence-electron chi connectivity index (χ1n) is 5.30. The molecule has 88 valence electrons. The molecule has 1 fully saturated rings. The Kier molecular flexibility index (Phi) is 3.58. The van der Waals surface area contributed by atoms with Crippen molar-refractivity contribution in [2.75, 3.05) is 0 Å². The third-order valence-corrected chi connectivity index (χ3v) is 3.30. The predicted molar refractivity (Wildman–Crippen MR) is 71.4 cm³/mol.